The molecule has 1 amide bonds. The number of benzene rings is 2. The van der Waals surface area contributed by atoms with Crippen LogP contribution in [0.2, 0.25) is 0 Å². The van der Waals surface area contributed by atoms with Gasteiger partial charge in [0.25, 0.3) is 11.6 Å². The van der Waals surface area contributed by atoms with Gasteiger partial charge in [0.1, 0.15) is 5.69 Å². The van der Waals surface area contributed by atoms with E-state index >= 15 is 0 Å². The molecule has 0 aliphatic rings. The van der Waals surface area contributed by atoms with E-state index in [1.807, 2.05) is 0 Å². The smallest absolute Gasteiger partial charge is 0.348 e. The van der Waals surface area contributed by atoms with Gasteiger partial charge < -0.3 is 5.32 Å². The Balaban J connectivity index is 2.00. The Kier molecular flexibility index (Phi) is 5.12. The van der Waals surface area contributed by atoms with E-state index in [9.17, 15) is 28.1 Å². The van der Waals surface area contributed by atoms with E-state index in [2.05, 4.69) is 10.4 Å². The van der Waals surface area contributed by atoms with E-state index in [1.54, 1.807) is 30.3 Å². The number of rotatable bonds is 5. The molecule has 0 fully saturated rings. The first-order valence-corrected chi connectivity index (χ1v) is 8.00. The SMILES string of the molecule is O=C(NCc1ccccc1)c1cnn(-c2ccccc2[N+](=O)[O-])c1C(F)(F)F. The molecular weight excluding hydrogens is 377 g/mol. The highest BCUT2D eigenvalue weighted by molar-refractivity contribution is 5.95. The van der Waals surface area contributed by atoms with Crippen LogP contribution >= 0.6 is 0 Å². The second kappa shape index (κ2) is 7.51. The van der Waals surface area contributed by atoms with Gasteiger partial charge >= 0.3 is 6.18 Å². The zero-order valence-electron chi connectivity index (χ0n) is 14.2. The minimum atomic E-state index is -4.96. The molecule has 0 radical (unpaired) electrons. The summed E-state index contributed by atoms with van der Waals surface area (Å²) in [5.41, 5.74) is -2.35. The minimum absolute atomic E-state index is 0.0215. The third kappa shape index (κ3) is 3.85. The number of nitro groups is 1. The molecule has 3 aromatic rings. The van der Waals surface area contributed by atoms with Crippen molar-refractivity contribution in [1.29, 1.82) is 0 Å². The normalized spacial score (nSPS) is 11.2. The molecule has 10 heteroatoms. The third-order valence-electron chi connectivity index (χ3n) is 3.88. The zero-order chi connectivity index (χ0) is 20.3. The number of hydrogen-bond acceptors (Lipinski definition) is 4. The largest absolute Gasteiger partial charge is 0.434 e. The summed E-state index contributed by atoms with van der Waals surface area (Å²) in [6.45, 7) is 0.0215. The Labute approximate surface area is 156 Å². The van der Waals surface area contributed by atoms with Crippen molar-refractivity contribution in [1.82, 2.24) is 15.1 Å². The number of aromatic nitrogens is 2. The van der Waals surface area contributed by atoms with Crippen LogP contribution in [0.25, 0.3) is 5.69 Å². The minimum Gasteiger partial charge on any atom is -0.348 e. The van der Waals surface area contributed by atoms with Gasteiger partial charge in [-0.05, 0) is 11.6 Å². The van der Waals surface area contributed by atoms with E-state index < -0.39 is 34.0 Å². The Morgan fingerprint density at radius 2 is 1.75 bits per heavy atom. The summed E-state index contributed by atoms with van der Waals surface area (Å²) < 4.78 is 41.4. The van der Waals surface area contributed by atoms with Crippen molar-refractivity contribution in [2.75, 3.05) is 0 Å². The molecule has 144 valence electrons. The van der Waals surface area contributed by atoms with Crippen LogP contribution in [0.5, 0.6) is 0 Å². The predicted octanol–water partition coefficient (Wildman–Crippen LogP) is 3.73. The average Bonchev–Trinajstić information content (AvgIpc) is 3.12. The van der Waals surface area contributed by atoms with Gasteiger partial charge in [-0.2, -0.15) is 18.3 Å². The molecule has 1 N–H and O–H groups in total. The molecule has 0 bridgehead atoms. The van der Waals surface area contributed by atoms with Gasteiger partial charge in [-0.15, -0.1) is 0 Å². The number of carbonyl (C=O) groups is 1. The molecule has 0 aliphatic heterocycles. The van der Waals surface area contributed by atoms with E-state index in [-0.39, 0.29) is 12.2 Å². The molecular formula is C18H13F3N4O3. The number of halogens is 3. The van der Waals surface area contributed by atoms with Gasteiger partial charge in [0.15, 0.2) is 5.69 Å². The molecule has 1 heterocycles. The first-order valence-electron chi connectivity index (χ1n) is 8.00. The molecule has 0 saturated carbocycles. The molecule has 28 heavy (non-hydrogen) atoms. The van der Waals surface area contributed by atoms with Gasteiger partial charge in [-0.25, -0.2) is 4.68 Å². The van der Waals surface area contributed by atoms with Crippen molar-refractivity contribution in [2.45, 2.75) is 12.7 Å². The van der Waals surface area contributed by atoms with Crippen molar-refractivity contribution >= 4 is 11.6 Å². The maximum absolute atomic E-state index is 13.7. The molecule has 0 saturated heterocycles. The van der Waals surface area contributed by atoms with Crippen LogP contribution in [0.15, 0.2) is 60.8 Å². The van der Waals surface area contributed by atoms with Crippen LogP contribution in [0.4, 0.5) is 18.9 Å². The molecule has 0 unspecified atom stereocenters. The quantitative estimate of drug-likeness (QED) is 0.531. The lowest BCUT2D eigenvalue weighted by molar-refractivity contribution is -0.384. The lowest BCUT2D eigenvalue weighted by Crippen LogP contribution is -2.26. The van der Waals surface area contributed by atoms with Crippen LogP contribution in [0.1, 0.15) is 21.6 Å². The summed E-state index contributed by atoms with van der Waals surface area (Å²) in [6.07, 6.45) is -4.21. The Morgan fingerprint density at radius 1 is 1.11 bits per heavy atom. The number of nitrogens with zero attached hydrogens (tertiary/aromatic N) is 3. The van der Waals surface area contributed by atoms with Crippen molar-refractivity contribution in [3.05, 3.63) is 87.7 Å². The molecule has 3 rings (SSSR count). The van der Waals surface area contributed by atoms with Crippen LogP contribution < -0.4 is 5.32 Å². The van der Waals surface area contributed by atoms with Crippen molar-refractivity contribution in [3.8, 4) is 5.69 Å². The van der Waals surface area contributed by atoms with Gasteiger partial charge in [0.05, 0.1) is 16.7 Å². The second-order valence-corrected chi connectivity index (χ2v) is 5.73. The molecule has 0 spiro atoms. The maximum Gasteiger partial charge on any atom is 0.434 e. The predicted molar refractivity (Wildman–Crippen MR) is 92.8 cm³/mol. The number of hydrogen-bond donors (Lipinski definition) is 1. The summed E-state index contributed by atoms with van der Waals surface area (Å²) in [7, 11) is 0. The number of amides is 1. The number of para-hydroxylation sites is 2. The van der Waals surface area contributed by atoms with Crippen molar-refractivity contribution < 1.29 is 22.9 Å². The number of nitrogens with one attached hydrogen (secondary N) is 1. The third-order valence-corrected chi connectivity index (χ3v) is 3.88. The molecule has 7 nitrogen and oxygen atoms in total. The number of carbonyl (C=O) groups excluding carboxylic acids is 1. The Hall–Kier alpha value is -3.69. The summed E-state index contributed by atoms with van der Waals surface area (Å²) in [5, 5.41) is 17.2. The van der Waals surface area contributed by atoms with E-state index in [0.717, 1.165) is 18.3 Å². The van der Waals surface area contributed by atoms with E-state index in [1.165, 1.54) is 12.1 Å². The fourth-order valence-corrected chi connectivity index (χ4v) is 2.64. The van der Waals surface area contributed by atoms with Gasteiger partial charge in [-0.1, -0.05) is 42.5 Å². The van der Waals surface area contributed by atoms with Crippen LogP contribution in [-0.2, 0) is 12.7 Å². The summed E-state index contributed by atoms with van der Waals surface area (Å²) in [6, 6.07) is 13.5. The summed E-state index contributed by atoms with van der Waals surface area (Å²) >= 11 is 0. The lowest BCUT2D eigenvalue weighted by atomic mass is 10.2. The van der Waals surface area contributed by atoms with Crippen molar-refractivity contribution in [2.24, 2.45) is 0 Å². The number of nitro benzene ring substituents is 1. The maximum atomic E-state index is 13.7. The molecule has 0 aliphatic carbocycles. The molecule has 1 aromatic heterocycles. The first-order chi connectivity index (χ1) is 13.3. The standard InChI is InChI=1S/C18H13F3N4O3/c19-18(20,21)16-13(17(26)22-10-12-6-2-1-3-7-12)11-23-24(16)14-8-4-5-9-15(14)25(27)28/h1-9,11H,10H2,(H,22,26). The lowest BCUT2D eigenvalue weighted by Gasteiger charge is -2.13. The average molecular weight is 390 g/mol. The van der Waals surface area contributed by atoms with E-state index in [4.69, 9.17) is 0 Å². The monoisotopic (exact) mass is 390 g/mol. The second-order valence-electron chi connectivity index (χ2n) is 5.73. The van der Waals surface area contributed by atoms with Crippen LogP contribution in [0, 0.1) is 10.1 Å². The fourth-order valence-electron chi connectivity index (χ4n) is 2.64. The molecule has 0 atom stereocenters. The van der Waals surface area contributed by atoms with Crippen LogP contribution in [-0.4, -0.2) is 20.6 Å². The Morgan fingerprint density at radius 3 is 2.39 bits per heavy atom. The molecule has 2 aromatic carbocycles. The fraction of sp³-hybridized carbons (Fsp3) is 0.111. The first kappa shape index (κ1) is 19.1. The van der Waals surface area contributed by atoms with Gasteiger partial charge in [0, 0.05) is 12.6 Å². The zero-order valence-corrected chi connectivity index (χ0v) is 14.2. The Bertz CT molecular complexity index is 1020. The van der Waals surface area contributed by atoms with E-state index in [0.29, 0.717) is 10.2 Å². The highest BCUT2D eigenvalue weighted by Gasteiger charge is 2.41. The van der Waals surface area contributed by atoms with Gasteiger partial charge in [0.2, 0.25) is 0 Å². The van der Waals surface area contributed by atoms with Gasteiger partial charge in [-0.3, -0.25) is 14.9 Å². The number of alkyl halides is 3. The summed E-state index contributed by atoms with van der Waals surface area (Å²) in [5.74, 6) is -0.985. The van der Waals surface area contributed by atoms with Crippen molar-refractivity contribution in [3.63, 3.8) is 0 Å². The summed E-state index contributed by atoms with van der Waals surface area (Å²) in [4.78, 5) is 22.7. The highest BCUT2D eigenvalue weighted by atomic mass is 19.4. The topological polar surface area (TPSA) is 90.1 Å². The van der Waals surface area contributed by atoms with Crippen LogP contribution in [0.3, 0.4) is 0 Å². The highest BCUT2D eigenvalue weighted by Crippen LogP contribution is 2.35.